The number of halogens is 3. The lowest BCUT2D eigenvalue weighted by atomic mass is 9.96. The predicted octanol–water partition coefficient (Wildman–Crippen LogP) is 4.97. The standard InChI is InChI=1S/C20H25F3N4O/c1-14(2)18-24-9-12-27(18)13-15-7-10-26(11-8-15)19(28)25-17-6-4-3-5-16(17)20(21,22)23/h3-6,9,12,14-15H,7-8,10-11,13H2,1-2H3,(H,25,28). The van der Waals surface area contributed by atoms with Crippen LogP contribution in [0.25, 0.3) is 0 Å². The Morgan fingerprint density at radius 2 is 1.93 bits per heavy atom. The van der Waals surface area contributed by atoms with E-state index >= 15 is 0 Å². The number of likely N-dealkylation sites (tertiary alicyclic amines) is 1. The van der Waals surface area contributed by atoms with E-state index < -0.39 is 17.8 Å². The molecule has 8 heteroatoms. The van der Waals surface area contributed by atoms with E-state index in [9.17, 15) is 18.0 Å². The quantitative estimate of drug-likeness (QED) is 0.796. The van der Waals surface area contributed by atoms with Crippen molar-refractivity contribution in [3.8, 4) is 0 Å². The van der Waals surface area contributed by atoms with E-state index in [4.69, 9.17) is 0 Å². The van der Waals surface area contributed by atoms with Crippen LogP contribution in [-0.2, 0) is 12.7 Å². The first-order valence-electron chi connectivity index (χ1n) is 9.49. The number of rotatable bonds is 4. The van der Waals surface area contributed by atoms with Gasteiger partial charge in [-0.1, -0.05) is 26.0 Å². The number of hydrogen-bond donors (Lipinski definition) is 1. The summed E-state index contributed by atoms with van der Waals surface area (Å²) in [4.78, 5) is 18.4. The Morgan fingerprint density at radius 3 is 2.57 bits per heavy atom. The lowest BCUT2D eigenvalue weighted by molar-refractivity contribution is -0.136. The number of carbonyl (C=O) groups is 1. The number of aromatic nitrogens is 2. The van der Waals surface area contributed by atoms with Crippen molar-refractivity contribution in [2.75, 3.05) is 18.4 Å². The van der Waals surface area contributed by atoms with Gasteiger partial charge in [0.2, 0.25) is 0 Å². The molecule has 0 atom stereocenters. The van der Waals surface area contributed by atoms with Crippen LogP contribution >= 0.6 is 0 Å². The molecule has 2 aromatic rings. The molecule has 28 heavy (non-hydrogen) atoms. The summed E-state index contributed by atoms with van der Waals surface area (Å²) in [5.41, 5.74) is -1.04. The van der Waals surface area contributed by atoms with Gasteiger partial charge >= 0.3 is 12.2 Å². The number of anilines is 1. The third kappa shape index (κ3) is 4.66. The van der Waals surface area contributed by atoms with Crippen LogP contribution in [0.2, 0.25) is 0 Å². The van der Waals surface area contributed by atoms with E-state index in [-0.39, 0.29) is 5.69 Å². The molecule has 1 N–H and O–H groups in total. The highest BCUT2D eigenvalue weighted by molar-refractivity contribution is 5.90. The molecule has 152 valence electrons. The van der Waals surface area contributed by atoms with Gasteiger partial charge in [-0.25, -0.2) is 9.78 Å². The van der Waals surface area contributed by atoms with Crippen molar-refractivity contribution in [2.24, 2.45) is 5.92 Å². The highest BCUT2D eigenvalue weighted by atomic mass is 19.4. The molecule has 0 unspecified atom stereocenters. The van der Waals surface area contributed by atoms with Crippen LogP contribution in [-0.4, -0.2) is 33.6 Å². The van der Waals surface area contributed by atoms with Crippen LogP contribution in [0.3, 0.4) is 0 Å². The van der Waals surface area contributed by atoms with Gasteiger partial charge in [0.25, 0.3) is 0 Å². The molecular formula is C20H25F3N4O. The first-order chi connectivity index (χ1) is 13.3. The fraction of sp³-hybridized carbons (Fsp3) is 0.500. The minimum absolute atomic E-state index is 0.206. The molecule has 1 aromatic heterocycles. The zero-order valence-corrected chi connectivity index (χ0v) is 16.0. The van der Waals surface area contributed by atoms with Crippen molar-refractivity contribution in [2.45, 2.75) is 45.3 Å². The number of carbonyl (C=O) groups excluding carboxylic acids is 1. The highest BCUT2D eigenvalue weighted by Gasteiger charge is 2.34. The molecule has 3 rings (SSSR count). The van der Waals surface area contributed by atoms with Crippen LogP contribution in [0.5, 0.6) is 0 Å². The summed E-state index contributed by atoms with van der Waals surface area (Å²) in [7, 11) is 0. The average molecular weight is 394 g/mol. The molecule has 1 fully saturated rings. The number of para-hydroxylation sites is 1. The maximum Gasteiger partial charge on any atom is 0.418 e. The number of nitrogens with one attached hydrogen (secondary N) is 1. The summed E-state index contributed by atoms with van der Waals surface area (Å²) in [5.74, 6) is 1.80. The first-order valence-corrected chi connectivity index (χ1v) is 9.49. The van der Waals surface area contributed by atoms with E-state index in [1.165, 1.54) is 18.2 Å². The van der Waals surface area contributed by atoms with Crippen molar-refractivity contribution in [1.29, 1.82) is 0 Å². The fourth-order valence-electron chi connectivity index (χ4n) is 3.61. The number of imidazole rings is 1. The van der Waals surface area contributed by atoms with E-state index in [1.807, 2.05) is 6.20 Å². The lowest BCUT2D eigenvalue weighted by Gasteiger charge is -2.32. The van der Waals surface area contributed by atoms with Gasteiger partial charge in [0.05, 0.1) is 11.3 Å². The second kappa shape index (κ2) is 8.24. The molecule has 0 bridgehead atoms. The molecule has 2 amide bonds. The molecule has 1 saturated heterocycles. The summed E-state index contributed by atoms with van der Waals surface area (Å²) in [5, 5.41) is 2.42. The van der Waals surface area contributed by atoms with Crippen molar-refractivity contribution in [1.82, 2.24) is 14.5 Å². The van der Waals surface area contributed by atoms with Gasteiger partial charge in [-0.3, -0.25) is 0 Å². The second-order valence-electron chi connectivity index (χ2n) is 7.50. The van der Waals surface area contributed by atoms with Crippen LogP contribution < -0.4 is 5.32 Å². The molecule has 2 heterocycles. The predicted molar refractivity (Wildman–Crippen MR) is 101 cm³/mol. The minimum atomic E-state index is -4.50. The Labute approximate surface area is 162 Å². The number of nitrogens with zero attached hydrogens (tertiary/aromatic N) is 3. The Hall–Kier alpha value is -2.51. The summed E-state index contributed by atoms with van der Waals surface area (Å²) < 4.78 is 41.4. The first kappa shape index (κ1) is 20.2. The van der Waals surface area contributed by atoms with Crippen molar-refractivity contribution in [3.63, 3.8) is 0 Å². The number of alkyl halides is 3. The van der Waals surface area contributed by atoms with Gasteiger partial charge in [0.1, 0.15) is 5.82 Å². The maximum absolute atomic E-state index is 13.1. The van der Waals surface area contributed by atoms with Gasteiger partial charge < -0.3 is 14.8 Å². The molecule has 0 spiro atoms. The van der Waals surface area contributed by atoms with Gasteiger partial charge in [-0.2, -0.15) is 13.2 Å². The van der Waals surface area contributed by atoms with Gasteiger partial charge in [0.15, 0.2) is 0 Å². The van der Waals surface area contributed by atoms with Gasteiger partial charge in [-0.15, -0.1) is 0 Å². The maximum atomic E-state index is 13.1. The van der Waals surface area contributed by atoms with Crippen LogP contribution in [0.15, 0.2) is 36.7 Å². The third-order valence-corrected chi connectivity index (χ3v) is 5.09. The van der Waals surface area contributed by atoms with E-state index in [0.717, 1.165) is 31.3 Å². The largest absolute Gasteiger partial charge is 0.418 e. The summed E-state index contributed by atoms with van der Waals surface area (Å²) in [6, 6.07) is 4.56. The molecular weight excluding hydrogens is 369 g/mol. The van der Waals surface area contributed by atoms with Gasteiger partial charge in [0, 0.05) is 37.9 Å². The summed E-state index contributed by atoms with van der Waals surface area (Å²) in [6.45, 7) is 6.10. The Kier molecular flexibility index (Phi) is 5.96. The molecule has 0 radical (unpaired) electrons. The summed E-state index contributed by atoms with van der Waals surface area (Å²) >= 11 is 0. The monoisotopic (exact) mass is 394 g/mol. The number of piperidine rings is 1. The summed E-state index contributed by atoms with van der Waals surface area (Å²) in [6.07, 6.45) is 0.891. The topological polar surface area (TPSA) is 50.2 Å². The van der Waals surface area contributed by atoms with E-state index in [2.05, 4.69) is 28.7 Å². The fourth-order valence-corrected chi connectivity index (χ4v) is 3.61. The number of amides is 2. The third-order valence-electron chi connectivity index (χ3n) is 5.09. The van der Waals surface area contributed by atoms with Crippen molar-refractivity contribution < 1.29 is 18.0 Å². The van der Waals surface area contributed by atoms with Crippen LogP contribution in [0.4, 0.5) is 23.7 Å². The zero-order chi connectivity index (χ0) is 20.3. The Bertz CT molecular complexity index is 808. The van der Waals surface area contributed by atoms with Crippen molar-refractivity contribution in [3.05, 3.63) is 48.0 Å². The number of urea groups is 1. The molecule has 1 aliphatic heterocycles. The molecule has 1 aromatic carbocycles. The van der Waals surface area contributed by atoms with Gasteiger partial charge in [-0.05, 0) is 30.9 Å². The zero-order valence-electron chi connectivity index (χ0n) is 16.0. The van der Waals surface area contributed by atoms with Crippen LogP contribution in [0, 0.1) is 5.92 Å². The van der Waals surface area contributed by atoms with Crippen molar-refractivity contribution >= 4 is 11.7 Å². The molecule has 1 aliphatic rings. The second-order valence-corrected chi connectivity index (χ2v) is 7.50. The lowest BCUT2D eigenvalue weighted by Crippen LogP contribution is -2.42. The SMILES string of the molecule is CC(C)c1nccn1CC1CCN(C(=O)Nc2ccccc2C(F)(F)F)CC1. The Morgan fingerprint density at radius 1 is 1.25 bits per heavy atom. The minimum Gasteiger partial charge on any atom is -0.334 e. The highest BCUT2D eigenvalue weighted by Crippen LogP contribution is 2.34. The molecule has 0 saturated carbocycles. The number of hydrogen-bond acceptors (Lipinski definition) is 2. The smallest absolute Gasteiger partial charge is 0.334 e. The van der Waals surface area contributed by atoms with E-state index in [0.29, 0.717) is 24.9 Å². The molecule has 5 nitrogen and oxygen atoms in total. The Balaban J connectivity index is 1.57. The molecule has 0 aliphatic carbocycles. The average Bonchev–Trinajstić information content (AvgIpc) is 3.10. The van der Waals surface area contributed by atoms with E-state index in [1.54, 1.807) is 11.1 Å². The number of benzene rings is 1. The normalized spacial score (nSPS) is 15.9. The van der Waals surface area contributed by atoms with Crippen LogP contribution in [0.1, 0.15) is 44.0 Å².